The second kappa shape index (κ2) is 5.99. The number of amides is 1. The fourth-order valence-corrected chi connectivity index (χ4v) is 1.77. The van der Waals surface area contributed by atoms with Crippen LogP contribution >= 0.6 is 0 Å². The number of pyridine rings is 1. The van der Waals surface area contributed by atoms with Crippen molar-refractivity contribution >= 4 is 11.9 Å². The van der Waals surface area contributed by atoms with Crippen molar-refractivity contribution in [3.8, 4) is 0 Å². The van der Waals surface area contributed by atoms with E-state index >= 15 is 0 Å². The molecule has 1 aromatic heterocycles. The molecule has 0 saturated carbocycles. The average Bonchev–Trinajstić information content (AvgIpc) is 2.31. The number of carbonyl (C=O) groups is 2. The van der Waals surface area contributed by atoms with Gasteiger partial charge < -0.3 is 15.0 Å². The molecular weight excluding hydrogens is 248 g/mol. The van der Waals surface area contributed by atoms with E-state index < -0.39 is 11.5 Å². The van der Waals surface area contributed by atoms with Crippen LogP contribution in [0.3, 0.4) is 0 Å². The first-order chi connectivity index (χ1) is 8.88. The Labute approximate surface area is 110 Å². The highest BCUT2D eigenvalue weighted by Crippen LogP contribution is 2.06. The summed E-state index contributed by atoms with van der Waals surface area (Å²) in [6.45, 7) is 6.76. The van der Waals surface area contributed by atoms with E-state index in [0.717, 1.165) is 4.57 Å². The van der Waals surface area contributed by atoms with Crippen molar-refractivity contribution in [2.75, 3.05) is 6.54 Å². The molecule has 0 bridgehead atoms. The van der Waals surface area contributed by atoms with Crippen LogP contribution in [0.15, 0.2) is 23.5 Å². The van der Waals surface area contributed by atoms with Gasteiger partial charge in [-0.3, -0.25) is 9.59 Å². The molecule has 102 valence electrons. The normalized spacial score (nSPS) is 10.0. The first-order valence-electron chi connectivity index (χ1n) is 5.70. The van der Waals surface area contributed by atoms with E-state index in [1.165, 1.54) is 6.08 Å². The zero-order chi connectivity index (χ0) is 14.6. The van der Waals surface area contributed by atoms with Crippen LogP contribution in [0.1, 0.15) is 21.6 Å². The Kier molecular flexibility index (Phi) is 4.63. The molecule has 1 rings (SSSR count). The quantitative estimate of drug-likeness (QED) is 0.756. The summed E-state index contributed by atoms with van der Waals surface area (Å²) in [5.74, 6) is -1.66. The van der Waals surface area contributed by atoms with E-state index in [4.69, 9.17) is 5.11 Å². The number of nitrogens with zero attached hydrogens (tertiary/aromatic N) is 1. The number of rotatable bonds is 5. The monoisotopic (exact) mass is 264 g/mol. The minimum absolute atomic E-state index is 0.209. The number of hydrogen-bond donors (Lipinski definition) is 2. The second-order valence-electron chi connectivity index (χ2n) is 4.13. The number of aromatic carboxylic acids is 1. The van der Waals surface area contributed by atoms with Crippen LogP contribution in [-0.4, -0.2) is 28.1 Å². The second-order valence-corrected chi connectivity index (χ2v) is 4.13. The minimum Gasteiger partial charge on any atom is -0.477 e. The van der Waals surface area contributed by atoms with Crippen molar-refractivity contribution < 1.29 is 14.7 Å². The summed E-state index contributed by atoms with van der Waals surface area (Å²) in [7, 11) is 0. The molecular formula is C13H16N2O4. The highest BCUT2D eigenvalue weighted by atomic mass is 16.4. The van der Waals surface area contributed by atoms with Gasteiger partial charge in [0, 0.05) is 12.2 Å². The molecule has 2 N–H and O–H groups in total. The number of aryl methyl sites for hydroxylation is 2. The van der Waals surface area contributed by atoms with Crippen LogP contribution in [0, 0.1) is 13.8 Å². The van der Waals surface area contributed by atoms with Gasteiger partial charge in [0.25, 0.3) is 5.56 Å². The standard InChI is InChI=1S/C13H16N2O4/c1-4-5-14-10(16)7-15-9(3)6-8(2)11(12(15)17)13(18)19/h4,6H,1,5,7H2,2-3H3,(H,14,16)(H,18,19). The first kappa shape index (κ1) is 14.7. The Balaban J connectivity index is 3.18. The molecule has 0 fully saturated rings. The van der Waals surface area contributed by atoms with Crippen molar-refractivity contribution in [2.24, 2.45) is 0 Å². The zero-order valence-electron chi connectivity index (χ0n) is 10.9. The summed E-state index contributed by atoms with van der Waals surface area (Å²) in [6, 6.07) is 1.58. The molecule has 6 heteroatoms. The molecule has 0 aliphatic carbocycles. The van der Waals surface area contributed by atoms with Gasteiger partial charge in [0.05, 0.1) is 0 Å². The SMILES string of the molecule is C=CCNC(=O)Cn1c(C)cc(C)c(C(=O)O)c1=O. The van der Waals surface area contributed by atoms with Gasteiger partial charge in [-0.25, -0.2) is 4.79 Å². The molecule has 1 heterocycles. The van der Waals surface area contributed by atoms with E-state index in [1.807, 2.05) is 0 Å². The maximum absolute atomic E-state index is 12.0. The largest absolute Gasteiger partial charge is 0.477 e. The third kappa shape index (κ3) is 3.31. The molecule has 0 aromatic carbocycles. The third-order valence-corrected chi connectivity index (χ3v) is 2.66. The molecule has 0 atom stereocenters. The van der Waals surface area contributed by atoms with Crippen molar-refractivity contribution in [3.05, 3.63) is 45.9 Å². The molecule has 1 amide bonds. The van der Waals surface area contributed by atoms with Gasteiger partial charge in [-0.2, -0.15) is 0 Å². The van der Waals surface area contributed by atoms with E-state index in [1.54, 1.807) is 19.9 Å². The Morgan fingerprint density at radius 2 is 2.11 bits per heavy atom. The molecule has 0 spiro atoms. The summed E-state index contributed by atoms with van der Waals surface area (Å²) in [4.78, 5) is 34.7. The average molecular weight is 264 g/mol. The molecule has 0 aliphatic rings. The topological polar surface area (TPSA) is 88.4 Å². The third-order valence-electron chi connectivity index (χ3n) is 2.66. The van der Waals surface area contributed by atoms with Crippen molar-refractivity contribution in [3.63, 3.8) is 0 Å². The summed E-state index contributed by atoms with van der Waals surface area (Å²) < 4.78 is 1.15. The predicted octanol–water partition coefficient (Wildman–Crippen LogP) is 0.466. The molecule has 6 nitrogen and oxygen atoms in total. The highest BCUT2D eigenvalue weighted by molar-refractivity contribution is 5.89. The first-order valence-corrected chi connectivity index (χ1v) is 5.70. The van der Waals surface area contributed by atoms with Crippen LogP contribution in [0.2, 0.25) is 0 Å². The summed E-state index contributed by atoms with van der Waals surface area (Å²) in [5, 5.41) is 11.5. The fraction of sp³-hybridized carbons (Fsp3) is 0.308. The molecule has 0 radical (unpaired) electrons. The lowest BCUT2D eigenvalue weighted by Crippen LogP contribution is -2.36. The van der Waals surface area contributed by atoms with Gasteiger partial charge in [-0.05, 0) is 25.5 Å². The van der Waals surface area contributed by atoms with Crippen LogP contribution in [0.4, 0.5) is 0 Å². The Bertz CT molecular complexity index is 587. The van der Waals surface area contributed by atoms with Gasteiger partial charge in [-0.15, -0.1) is 6.58 Å². The summed E-state index contributed by atoms with van der Waals surface area (Å²) >= 11 is 0. The predicted molar refractivity (Wildman–Crippen MR) is 70.3 cm³/mol. The van der Waals surface area contributed by atoms with E-state index in [-0.39, 0.29) is 18.0 Å². The van der Waals surface area contributed by atoms with Crippen LogP contribution in [0.5, 0.6) is 0 Å². The number of aromatic nitrogens is 1. The molecule has 0 saturated heterocycles. The summed E-state index contributed by atoms with van der Waals surface area (Å²) in [6.07, 6.45) is 1.52. The number of hydrogen-bond acceptors (Lipinski definition) is 3. The Morgan fingerprint density at radius 1 is 1.47 bits per heavy atom. The zero-order valence-corrected chi connectivity index (χ0v) is 10.9. The van der Waals surface area contributed by atoms with E-state index in [2.05, 4.69) is 11.9 Å². The van der Waals surface area contributed by atoms with Gasteiger partial charge in [0.15, 0.2) is 0 Å². The van der Waals surface area contributed by atoms with Crippen molar-refractivity contribution in [1.82, 2.24) is 9.88 Å². The number of carboxylic acids is 1. The fourth-order valence-electron chi connectivity index (χ4n) is 1.77. The minimum atomic E-state index is -1.29. The Hall–Kier alpha value is -2.37. The van der Waals surface area contributed by atoms with Crippen LogP contribution in [0.25, 0.3) is 0 Å². The molecule has 1 aromatic rings. The lowest BCUT2D eigenvalue weighted by Gasteiger charge is -2.12. The lowest BCUT2D eigenvalue weighted by molar-refractivity contribution is -0.121. The van der Waals surface area contributed by atoms with E-state index in [9.17, 15) is 14.4 Å². The molecule has 0 unspecified atom stereocenters. The van der Waals surface area contributed by atoms with Crippen LogP contribution < -0.4 is 10.9 Å². The van der Waals surface area contributed by atoms with E-state index in [0.29, 0.717) is 17.8 Å². The molecule has 0 aliphatic heterocycles. The van der Waals surface area contributed by atoms with Gasteiger partial charge in [0.2, 0.25) is 5.91 Å². The highest BCUT2D eigenvalue weighted by Gasteiger charge is 2.17. The Morgan fingerprint density at radius 3 is 2.63 bits per heavy atom. The maximum Gasteiger partial charge on any atom is 0.341 e. The number of nitrogens with one attached hydrogen (secondary N) is 1. The van der Waals surface area contributed by atoms with Gasteiger partial charge in [-0.1, -0.05) is 6.08 Å². The van der Waals surface area contributed by atoms with Crippen LogP contribution in [-0.2, 0) is 11.3 Å². The summed E-state index contributed by atoms with van der Waals surface area (Å²) in [5.41, 5.74) is -0.0418. The maximum atomic E-state index is 12.0. The van der Waals surface area contributed by atoms with Gasteiger partial charge in [0.1, 0.15) is 12.1 Å². The van der Waals surface area contributed by atoms with Crippen molar-refractivity contribution in [2.45, 2.75) is 20.4 Å². The smallest absolute Gasteiger partial charge is 0.341 e. The van der Waals surface area contributed by atoms with Gasteiger partial charge >= 0.3 is 5.97 Å². The number of carbonyl (C=O) groups excluding carboxylic acids is 1. The number of carboxylic acid groups (broad SMARTS) is 1. The lowest BCUT2D eigenvalue weighted by atomic mass is 10.1. The van der Waals surface area contributed by atoms with Crippen molar-refractivity contribution in [1.29, 1.82) is 0 Å². The molecule has 19 heavy (non-hydrogen) atoms.